The van der Waals surface area contributed by atoms with E-state index in [1.807, 2.05) is 36.4 Å². The van der Waals surface area contributed by atoms with Crippen LogP contribution in [0.15, 0.2) is 176 Å². The van der Waals surface area contributed by atoms with Gasteiger partial charge in [-0.3, -0.25) is 0 Å². The van der Waals surface area contributed by atoms with Crippen molar-refractivity contribution in [1.29, 1.82) is 0 Å². The van der Waals surface area contributed by atoms with Gasteiger partial charge in [0.1, 0.15) is 17.3 Å². The van der Waals surface area contributed by atoms with Crippen LogP contribution in [0.3, 0.4) is 0 Å². The summed E-state index contributed by atoms with van der Waals surface area (Å²) in [6.45, 7) is 0. The molecule has 0 atom stereocenters. The van der Waals surface area contributed by atoms with Crippen LogP contribution in [0, 0.1) is 0 Å². The molecular formula is C49H31N3O. The van der Waals surface area contributed by atoms with E-state index in [1.54, 1.807) is 0 Å². The fraction of sp³-hybridized carbons (Fsp3) is 0.0408. The highest BCUT2D eigenvalue weighted by molar-refractivity contribution is 6.00. The van der Waals surface area contributed by atoms with Gasteiger partial charge in [-0.1, -0.05) is 176 Å². The van der Waals surface area contributed by atoms with E-state index in [0.717, 1.165) is 61.1 Å². The SMILES string of the molecule is c1ccc(-c2nc(Cc3cccc4c3C3(c5ccccc5-4)c4ccc5ccccc5c4Oc4c3ccc3ccccc43)nc(-c3ccccc3)n2)cc1. The predicted octanol–water partition coefficient (Wildman–Crippen LogP) is 11.6. The van der Waals surface area contributed by atoms with Gasteiger partial charge in [0.15, 0.2) is 11.6 Å². The molecule has 1 spiro atoms. The summed E-state index contributed by atoms with van der Waals surface area (Å²) >= 11 is 0. The number of rotatable bonds is 4. The van der Waals surface area contributed by atoms with E-state index in [4.69, 9.17) is 19.7 Å². The summed E-state index contributed by atoms with van der Waals surface area (Å²) in [5.41, 5.74) is 9.67. The fourth-order valence-corrected chi connectivity index (χ4v) is 8.80. The van der Waals surface area contributed by atoms with Crippen LogP contribution >= 0.6 is 0 Å². The summed E-state index contributed by atoms with van der Waals surface area (Å²) in [7, 11) is 0. The molecule has 2 aliphatic rings. The Bertz CT molecular complexity index is 2760. The number of aromatic nitrogens is 3. The Hall–Kier alpha value is -6.91. The molecule has 8 aromatic carbocycles. The van der Waals surface area contributed by atoms with Crippen LogP contribution in [0.1, 0.15) is 33.6 Å². The zero-order valence-electron chi connectivity index (χ0n) is 28.7. The van der Waals surface area contributed by atoms with Crippen LogP contribution in [0.2, 0.25) is 0 Å². The average Bonchev–Trinajstić information content (AvgIpc) is 3.52. The Balaban J connectivity index is 1.22. The molecule has 11 rings (SSSR count). The molecule has 53 heavy (non-hydrogen) atoms. The number of fused-ring (bicyclic) bond motifs is 13. The lowest BCUT2D eigenvalue weighted by atomic mass is 9.64. The molecule has 0 unspecified atom stereocenters. The molecule has 2 heterocycles. The average molecular weight is 678 g/mol. The summed E-state index contributed by atoms with van der Waals surface area (Å²) < 4.78 is 7.18. The maximum Gasteiger partial charge on any atom is 0.163 e. The van der Waals surface area contributed by atoms with Gasteiger partial charge in [0.25, 0.3) is 0 Å². The van der Waals surface area contributed by atoms with Crippen molar-refractivity contribution in [1.82, 2.24) is 15.0 Å². The van der Waals surface area contributed by atoms with Crippen molar-refractivity contribution in [2.24, 2.45) is 0 Å². The van der Waals surface area contributed by atoms with Gasteiger partial charge >= 0.3 is 0 Å². The molecule has 4 nitrogen and oxygen atoms in total. The van der Waals surface area contributed by atoms with E-state index >= 15 is 0 Å². The summed E-state index contributed by atoms with van der Waals surface area (Å²) in [4.78, 5) is 15.3. The van der Waals surface area contributed by atoms with Gasteiger partial charge in [0.05, 0.1) is 5.41 Å². The molecule has 1 aliphatic heterocycles. The third-order valence-electron chi connectivity index (χ3n) is 11.0. The van der Waals surface area contributed by atoms with Gasteiger partial charge in [-0.2, -0.15) is 0 Å². The summed E-state index contributed by atoms with van der Waals surface area (Å²) in [5.74, 6) is 3.87. The lowest BCUT2D eigenvalue weighted by molar-refractivity contribution is 0.446. The maximum atomic E-state index is 7.18. The first-order valence-electron chi connectivity index (χ1n) is 18.1. The van der Waals surface area contributed by atoms with Crippen LogP contribution in [0.25, 0.3) is 55.4 Å². The number of hydrogen-bond donors (Lipinski definition) is 0. The number of ether oxygens (including phenoxy) is 1. The van der Waals surface area contributed by atoms with Gasteiger partial charge in [0.2, 0.25) is 0 Å². The zero-order valence-corrected chi connectivity index (χ0v) is 28.7. The number of nitrogens with zero attached hydrogens (tertiary/aromatic N) is 3. The van der Waals surface area contributed by atoms with Crippen molar-refractivity contribution in [3.63, 3.8) is 0 Å². The lowest BCUT2D eigenvalue weighted by Gasteiger charge is -2.41. The summed E-state index contributed by atoms with van der Waals surface area (Å²) in [6.07, 6.45) is 0.522. The molecular weight excluding hydrogens is 647 g/mol. The van der Waals surface area contributed by atoms with Gasteiger partial charge in [-0.25, -0.2) is 15.0 Å². The second kappa shape index (κ2) is 11.6. The van der Waals surface area contributed by atoms with E-state index in [9.17, 15) is 0 Å². The Morgan fingerprint density at radius 3 is 1.57 bits per heavy atom. The van der Waals surface area contributed by atoms with Crippen molar-refractivity contribution in [3.8, 4) is 45.4 Å². The molecule has 0 amide bonds. The Labute approximate surface area is 307 Å². The first-order chi connectivity index (χ1) is 26.3. The van der Waals surface area contributed by atoms with Crippen LogP contribution < -0.4 is 4.74 Å². The monoisotopic (exact) mass is 677 g/mol. The molecule has 0 fully saturated rings. The van der Waals surface area contributed by atoms with Gasteiger partial charge in [0, 0.05) is 39.4 Å². The molecule has 0 N–H and O–H groups in total. The van der Waals surface area contributed by atoms with E-state index in [2.05, 4.69) is 140 Å². The first-order valence-corrected chi connectivity index (χ1v) is 18.1. The Kier molecular flexibility index (Phi) is 6.49. The van der Waals surface area contributed by atoms with E-state index in [0.29, 0.717) is 18.1 Å². The molecule has 0 saturated heterocycles. The van der Waals surface area contributed by atoms with Crippen molar-refractivity contribution < 1.29 is 4.74 Å². The van der Waals surface area contributed by atoms with Crippen LogP contribution in [-0.2, 0) is 11.8 Å². The van der Waals surface area contributed by atoms with E-state index < -0.39 is 5.41 Å². The Morgan fingerprint density at radius 2 is 0.943 bits per heavy atom. The molecule has 1 aromatic heterocycles. The predicted molar refractivity (Wildman–Crippen MR) is 212 cm³/mol. The van der Waals surface area contributed by atoms with E-state index in [1.165, 1.54) is 27.8 Å². The second-order valence-electron chi connectivity index (χ2n) is 13.9. The zero-order chi connectivity index (χ0) is 34.9. The second-order valence-corrected chi connectivity index (χ2v) is 13.9. The Morgan fingerprint density at radius 1 is 0.415 bits per heavy atom. The van der Waals surface area contributed by atoms with Crippen molar-refractivity contribution in [2.75, 3.05) is 0 Å². The topological polar surface area (TPSA) is 47.9 Å². The standard InChI is InChI=1S/C49H31N3O/c1-3-16-33(17-4-1)47-50-43(51-48(52-47)34-18-5-2-6-19-34)30-35-20-13-24-39-38-23-11-12-25-40(38)49(44(35)39)41-28-26-31-14-7-9-21-36(31)45(41)53-46-37-22-10-8-15-32(37)27-29-42(46)49/h1-29H,30H2. The molecule has 9 aromatic rings. The molecule has 0 bridgehead atoms. The minimum absolute atomic E-state index is 0.522. The molecule has 4 heteroatoms. The lowest BCUT2D eigenvalue weighted by Crippen LogP contribution is -2.33. The van der Waals surface area contributed by atoms with Crippen LogP contribution in [0.4, 0.5) is 0 Å². The summed E-state index contributed by atoms with van der Waals surface area (Å²) in [6, 6.07) is 62.2. The first kappa shape index (κ1) is 29.8. The minimum atomic E-state index is -0.656. The van der Waals surface area contributed by atoms with Crippen molar-refractivity contribution in [2.45, 2.75) is 11.8 Å². The van der Waals surface area contributed by atoms with Gasteiger partial charge < -0.3 is 4.74 Å². The number of benzene rings is 8. The fourth-order valence-electron chi connectivity index (χ4n) is 8.80. The van der Waals surface area contributed by atoms with Gasteiger partial charge in [-0.05, 0) is 38.6 Å². The summed E-state index contributed by atoms with van der Waals surface area (Å²) in [5, 5.41) is 4.50. The van der Waals surface area contributed by atoms with E-state index in [-0.39, 0.29) is 0 Å². The highest BCUT2D eigenvalue weighted by Crippen LogP contribution is 2.64. The molecule has 248 valence electrons. The molecule has 1 aliphatic carbocycles. The quantitative estimate of drug-likeness (QED) is 0.186. The highest BCUT2D eigenvalue weighted by atomic mass is 16.5. The van der Waals surface area contributed by atoms with Crippen molar-refractivity contribution >= 4 is 21.5 Å². The number of hydrogen-bond acceptors (Lipinski definition) is 4. The molecule has 0 radical (unpaired) electrons. The van der Waals surface area contributed by atoms with Gasteiger partial charge in [-0.15, -0.1) is 0 Å². The van der Waals surface area contributed by atoms with Crippen molar-refractivity contribution in [3.05, 3.63) is 210 Å². The highest BCUT2D eigenvalue weighted by Gasteiger charge is 2.52. The molecule has 0 saturated carbocycles. The largest absolute Gasteiger partial charge is 0.455 e. The normalized spacial score (nSPS) is 13.3. The van der Waals surface area contributed by atoms with Crippen LogP contribution in [-0.4, -0.2) is 15.0 Å². The smallest absolute Gasteiger partial charge is 0.163 e. The minimum Gasteiger partial charge on any atom is -0.455 e. The maximum absolute atomic E-state index is 7.18. The third-order valence-corrected chi connectivity index (χ3v) is 11.0. The van der Waals surface area contributed by atoms with Crippen LogP contribution in [0.5, 0.6) is 11.5 Å². The third kappa shape index (κ3) is 4.39.